The lowest BCUT2D eigenvalue weighted by Crippen LogP contribution is -2.50. The van der Waals surface area contributed by atoms with Gasteiger partial charge in [0.25, 0.3) is 0 Å². The Hall–Kier alpha value is -2.76. The van der Waals surface area contributed by atoms with Crippen LogP contribution in [0.5, 0.6) is 5.75 Å². The smallest absolute Gasteiger partial charge is 0.416 e. The van der Waals surface area contributed by atoms with Crippen molar-refractivity contribution in [3.63, 3.8) is 0 Å². The molecule has 1 aliphatic carbocycles. The number of aromatic nitrogens is 1. The summed E-state index contributed by atoms with van der Waals surface area (Å²) in [5, 5.41) is 0.825. The summed E-state index contributed by atoms with van der Waals surface area (Å²) in [5.41, 5.74) is 1.53. The van der Waals surface area contributed by atoms with Crippen molar-refractivity contribution in [2.75, 3.05) is 0 Å². The van der Waals surface area contributed by atoms with Gasteiger partial charge in [-0.1, -0.05) is 26.0 Å². The van der Waals surface area contributed by atoms with Crippen LogP contribution in [0.15, 0.2) is 48.7 Å². The second kappa shape index (κ2) is 6.65. The van der Waals surface area contributed by atoms with Crippen LogP contribution < -0.4 is 4.74 Å². The first kappa shape index (κ1) is 19.6. The van der Waals surface area contributed by atoms with Gasteiger partial charge in [-0.25, -0.2) is 0 Å². The zero-order chi connectivity index (χ0) is 21.0. The minimum atomic E-state index is -4.32. The lowest BCUT2D eigenvalue weighted by atomic mass is 9.57. The normalized spacial score (nSPS) is 21.0. The van der Waals surface area contributed by atoms with Gasteiger partial charge in [-0.05, 0) is 55.2 Å². The SMILES string of the molecule is CC(=O)c1c[nH]c2ccc(O[C@H]3C[C@@H](c4ccc(C(F)(F)F)cc4)C3(C)C)cc12. The average molecular weight is 401 g/mol. The van der Waals surface area contributed by atoms with Crippen LogP contribution in [-0.2, 0) is 6.18 Å². The zero-order valence-corrected chi connectivity index (χ0v) is 16.4. The number of Topliss-reactive ketones (excluding diaryl/α,β-unsaturated/α-hetero) is 1. The number of hydrogen-bond donors (Lipinski definition) is 1. The van der Waals surface area contributed by atoms with Crippen molar-refractivity contribution >= 4 is 16.7 Å². The number of H-pyrrole nitrogens is 1. The maximum absolute atomic E-state index is 12.8. The first-order valence-corrected chi connectivity index (χ1v) is 9.53. The number of fused-ring (bicyclic) bond motifs is 1. The highest BCUT2D eigenvalue weighted by atomic mass is 19.4. The zero-order valence-electron chi connectivity index (χ0n) is 16.4. The number of alkyl halides is 3. The molecule has 152 valence electrons. The largest absolute Gasteiger partial charge is 0.490 e. The molecule has 1 heterocycles. The molecule has 0 saturated heterocycles. The fourth-order valence-corrected chi connectivity index (χ4v) is 4.18. The molecular weight excluding hydrogens is 379 g/mol. The van der Waals surface area contributed by atoms with Crippen LogP contribution in [0.2, 0.25) is 0 Å². The fourth-order valence-electron chi connectivity index (χ4n) is 4.18. The molecule has 1 aliphatic rings. The van der Waals surface area contributed by atoms with E-state index in [0.717, 1.165) is 35.0 Å². The minimum Gasteiger partial charge on any atom is -0.490 e. The highest BCUT2D eigenvalue weighted by Crippen LogP contribution is 2.54. The van der Waals surface area contributed by atoms with E-state index in [-0.39, 0.29) is 23.2 Å². The van der Waals surface area contributed by atoms with Crippen molar-refractivity contribution in [1.29, 1.82) is 0 Å². The standard InChI is InChI=1S/C23H22F3NO2/c1-13(28)18-12-27-20-9-8-16(10-17(18)20)29-21-11-19(22(21,2)3)14-4-6-15(7-5-14)23(24,25)26/h4-10,12,19,21,27H,11H2,1-3H3/t19-,21-/m0/s1. The molecule has 1 aromatic heterocycles. The van der Waals surface area contributed by atoms with E-state index in [1.807, 2.05) is 18.2 Å². The Bertz CT molecular complexity index is 1060. The highest BCUT2D eigenvalue weighted by molar-refractivity contribution is 6.07. The minimum absolute atomic E-state index is 0.0141. The molecule has 0 unspecified atom stereocenters. The van der Waals surface area contributed by atoms with Gasteiger partial charge in [0.15, 0.2) is 5.78 Å². The summed E-state index contributed by atoms with van der Waals surface area (Å²) in [6.07, 6.45) is -1.96. The van der Waals surface area contributed by atoms with Gasteiger partial charge < -0.3 is 9.72 Å². The van der Waals surface area contributed by atoms with E-state index < -0.39 is 11.7 Å². The van der Waals surface area contributed by atoms with Crippen molar-refractivity contribution in [3.8, 4) is 5.75 Å². The molecule has 3 aromatic rings. The van der Waals surface area contributed by atoms with Crippen LogP contribution in [0.1, 0.15) is 54.6 Å². The molecule has 0 amide bonds. The van der Waals surface area contributed by atoms with Crippen molar-refractivity contribution in [1.82, 2.24) is 4.98 Å². The van der Waals surface area contributed by atoms with Crippen LogP contribution in [0.4, 0.5) is 13.2 Å². The van der Waals surface area contributed by atoms with E-state index in [2.05, 4.69) is 18.8 Å². The van der Waals surface area contributed by atoms with E-state index in [1.54, 1.807) is 18.3 Å². The van der Waals surface area contributed by atoms with Crippen LogP contribution >= 0.6 is 0 Å². The van der Waals surface area contributed by atoms with Gasteiger partial charge in [0.1, 0.15) is 11.9 Å². The summed E-state index contributed by atoms with van der Waals surface area (Å²) in [6.45, 7) is 5.67. The Morgan fingerprint density at radius 1 is 1.14 bits per heavy atom. The molecule has 0 spiro atoms. The van der Waals surface area contributed by atoms with Gasteiger partial charge in [0.05, 0.1) is 5.56 Å². The number of carbonyl (C=O) groups is 1. The number of rotatable bonds is 4. The van der Waals surface area contributed by atoms with Gasteiger partial charge in [0, 0.05) is 28.1 Å². The Kier molecular flexibility index (Phi) is 4.48. The van der Waals surface area contributed by atoms with Gasteiger partial charge in [-0.2, -0.15) is 13.2 Å². The Morgan fingerprint density at radius 2 is 1.83 bits per heavy atom. The maximum Gasteiger partial charge on any atom is 0.416 e. The predicted molar refractivity (Wildman–Crippen MR) is 105 cm³/mol. The molecule has 2 atom stereocenters. The number of halogens is 3. The van der Waals surface area contributed by atoms with E-state index in [9.17, 15) is 18.0 Å². The molecule has 1 N–H and O–H groups in total. The van der Waals surface area contributed by atoms with Gasteiger partial charge in [-0.3, -0.25) is 4.79 Å². The van der Waals surface area contributed by atoms with Crippen molar-refractivity contribution in [3.05, 3.63) is 65.4 Å². The number of hydrogen-bond acceptors (Lipinski definition) is 2. The number of benzene rings is 2. The van der Waals surface area contributed by atoms with Crippen LogP contribution in [0.25, 0.3) is 10.9 Å². The molecular formula is C23H22F3NO2. The summed E-state index contributed by atoms with van der Waals surface area (Å²) in [4.78, 5) is 14.9. The Balaban J connectivity index is 1.51. The van der Waals surface area contributed by atoms with E-state index >= 15 is 0 Å². The molecule has 1 saturated carbocycles. The second-order valence-corrected chi connectivity index (χ2v) is 8.30. The van der Waals surface area contributed by atoms with E-state index in [0.29, 0.717) is 11.3 Å². The van der Waals surface area contributed by atoms with Crippen molar-refractivity contribution in [2.24, 2.45) is 5.41 Å². The molecule has 6 heteroatoms. The fraction of sp³-hybridized carbons (Fsp3) is 0.348. The third-order valence-electron chi connectivity index (χ3n) is 6.13. The average Bonchev–Trinajstić information content (AvgIpc) is 3.08. The van der Waals surface area contributed by atoms with E-state index in [4.69, 9.17) is 4.74 Å². The Morgan fingerprint density at radius 3 is 2.41 bits per heavy atom. The third-order valence-corrected chi connectivity index (χ3v) is 6.13. The van der Waals surface area contributed by atoms with Crippen LogP contribution in [0.3, 0.4) is 0 Å². The Labute approximate surface area is 166 Å². The summed E-state index contributed by atoms with van der Waals surface area (Å²) in [5.74, 6) is 0.793. The molecule has 4 rings (SSSR count). The third kappa shape index (κ3) is 3.41. The summed E-state index contributed by atoms with van der Waals surface area (Å²) >= 11 is 0. The van der Waals surface area contributed by atoms with Crippen LogP contribution in [-0.4, -0.2) is 16.9 Å². The summed E-state index contributed by atoms with van der Waals surface area (Å²) in [7, 11) is 0. The first-order chi connectivity index (χ1) is 13.6. The van der Waals surface area contributed by atoms with Crippen LogP contribution in [0, 0.1) is 5.41 Å². The molecule has 0 bridgehead atoms. The molecule has 3 nitrogen and oxygen atoms in total. The number of aromatic amines is 1. The molecule has 1 fully saturated rings. The molecule has 0 aliphatic heterocycles. The number of ether oxygens (including phenoxy) is 1. The number of nitrogens with one attached hydrogen (secondary N) is 1. The molecule has 0 radical (unpaired) electrons. The predicted octanol–water partition coefficient (Wildman–Crippen LogP) is 6.35. The van der Waals surface area contributed by atoms with Gasteiger partial charge in [-0.15, -0.1) is 0 Å². The first-order valence-electron chi connectivity index (χ1n) is 9.53. The van der Waals surface area contributed by atoms with Gasteiger partial charge in [0.2, 0.25) is 0 Å². The second-order valence-electron chi connectivity index (χ2n) is 8.30. The van der Waals surface area contributed by atoms with E-state index in [1.165, 1.54) is 6.92 Å². The van der Waals surface area contributed by atoms with Crippen molar-refractivity contribution < 1.29 is 22.7 Å². The monoisotopic (exact) mass is 401 g/mol. The lowest BCUT2D eigenvalue weighted by molar-refractivity contribution is -0.137. The molecule has 2 aromatic carbocycles. The van der Waals surface area contributed by atoms with Gasteiger partial charge >= 0.3 is 6.18 Å². The highest BCUT2D eigenvalue weighted by Gasteiger charge is 2.50. The number of ketones is 1. The molecule has 29 heavy (non-hydrogen) atoms. The lowest BCUT2D eigenvalue weighted by Gasteiger charge is -2.51. The quantitative estimate of drug-likeness (QED) is 0.518. The summed E-state index contributed by atoms with van der Waals surface area (Å²) < 4.78 is 44.6. The maximum atomic E-state index is 12.8. The number of carbonyl (C=O) groups excluding carboxylic acids is 1. The summed E-state index contributed by atoms with van der Waals surface area (Å²) in [6, 6.07) is 11.0. The van der Waals surface area contributed by atoms with Crippen molar-refractivity contribution in [2.45, 2.75) is 45.4 Å². The topological polar surface area (TPSA) is 42.1 Å².